The van der Waals surface area contributed by atoms with Crippen LogP contribution in [0.3, 0.4) is 0 Å². The summed E-state index contributed by atoms with van der Waals surface area (Å²) >= 11 is 0. The molecule has 1 aromatic heterocycles. The van der Waals surface area contributed by atoms with Crippen LogP contribution in [0.2, 0.25) is 0 Å². The van der Waals surface area contributed by atoms with Crippen molar-refractivity contribution >= 4 is 0 Å². The van der Waals surface area contributed by atoms with Crippen molar-refractivity contribution in [3.05, 3.63) is 36.0 Å². The minimum absolute atomic E-state index is 0.182. The number of aliphatic hydroxyl groups excluding tert-OH is 1. The first-order chi connectivity index (χ1) is 11.3. The van der Waals surface area contributed by atoms with Crippen LogP contribution in [0.1, 0.15) is 33.3 Å². The van der Waals surface area contributed by atoms with Gasteiger partial charge in [0.2, 0.25) is 0 Å². The van der Waals surface area contributed by atoms with Crippen molar-refractivity contribution in [2.24, 2.45) is 11.3 Å². The van der Waals surface area contributed by atoms with Crippen LogP contribution < -0.4 is 10.1 Å². The summed E-state index contributed by atoms with van der Waals surface area (Å²) in [6.07, 6.45) is 1.51. The van der Waals surface area contributed by atoms with Gasteiger partial charge in [-0.1, -0.05) is 27.7 Å². The zero-order valence-electron chi connectivity index (χ0n) is 15.3. The molecule has 0 aliphatic heterocycles. The molecule has 0 aliphatic carbocycles. The molecule has 2 aromatic rings. The van der Waals surface area contributed by atoms with Crippen LogP contribution >= 0.6 is 0 Å². The highest BCUT2D eigenvalue weighted by atomic mass is 16.5. The molecular weight excluding hydrogens is 302 g/mol. The van der Waals surface area contributed by atoms with E-state index >= 15 is 0 Å². The van der Waals surface area contributed by atoms with Gasteiger partial charge in [-0.3, -0.25) is 5.10 Å². The number of aliphatic hydroxyl groups is 1. The second kappa shape index (κ2) is 7.81. The van der Waals surface area contributed by atoms with Crippen molar-refractivity contribution in [3.63, 3.8) is 0 Å². The molecule has 0 spiro atoms. The zero-order valence-corrected chi connectivity index (χ0v) is 15.3. The number of methoxy groups -OCH3 is 1. The molecule has 0 amide bonds. The predicted octanol–water partition coefficient (Wildman–Crippen LogP) is 3.22. The molecule has 0 radical (unpaired) electrons. The Morgan fingerprint density at radius 2 is 1.92 bits per heavy atom. The highest BCUT2D eigenvalue weighted by Crippen LogP contribution is 2.26. The number of nitrogens with one attached hydrogen (secondary N) is 2. The van der Waals surface area contributed by atoms with Crippen molar-refractivity contribution in [3.8, 4) is 17.0 Å². The monoisotopic (exact) mass is 331 g/mol. The van der Waals surface area contributed by atoms with E-state index in [0.717, 1.165) is 29.1 Å². The van der Waals surface area contributed by atoms with Crippen LogP contribution in [0.15, 0.2) is 30.5 Å². The van der Waals surface area contributed by atoms with Crippen LogP contribution in [0.25, 0.3) is 11.3 Å². The highest BCUT2D eigenvalue weighted by molar-refractivity contribution is 5.63. The van der Waals surface area contributed by atoms with Gasteiger partial charge in [0, 0.05) is 29.6 Å². The Hall–Kier alpha value is -1.85. The van der Waals surface area contributed by atoms with Gasteiger partial charge in [0.25, 0.3) is 0 Å². The lowest BCUT2D eigenvalue weighted by atomic mass is 9.80. The van der Waals surface area contributed by atoms with E-state index in [1.807, 2.05) is 44.3 Å². The number of benzene rings is 1. The fourth-order valence-corrected chi connectivity index (χ4v) is 2.98. The lowest BCUT2D eigenvalue weighted by Crippen LogP contribution is -2.41. The third-order valence-electron chi connectivity index (χ3n) is 4.42. The van der Waals surface area contributed by atoms with Crippen LogP contribution in [-0.4, -0.2) is 35.1 Å². The Morgan fingerprint density at radius 3 is 2.50 bits per heavy atom. The normalized spacial score (nSPS) is 13.3. The van der Waals surface area contributed by atoms with Gasteiger partial charge in [-0.25, -0.2) is 0 Å². The topological polar surface area (TPSA) is 70.2 Å². The summed E-state index contributed by atoms with van der Waals surface area (Å²) in [5.41, 5.74) is 3.01. The van der Waals surface area contributed by atoms with Gasteiger partial charge in [0.15, 0.2) is 0 Å². The van der Waals surface area contributed by atoms with Gasteiger partial charge < -0.3 is 15.2 Å². The molecule has 132 valence electrons. The molecule has 1 heterocycles. The van der Waals surface area contributed by atoms with Gasteiger partial charge in [0.05, 0.1) is 25.1 Å². The largest absolute Gasteiger partial charge is 0.497 e. The van der Waals surface area contributed by atoms with Gasteiger partial charge in [-0.2, -0.15) is 5.10 Å². The van der Waals surface area contributed by atoms with E-state index in [0.29, 0.717) is 6.54 Å². The number of aromatic amines is 1. The quantitative estimate of drug-likeness (QED) is 0.694. The average molecular weight is 331 g/mol. The maximum atomic E-state index is 10.3. The standard InChI is InChI=1S/C19H29N3O2/c1-13(2)18(23)19(3,4)12-20-10-15-11-21-22-17(15)14-6-8-16(24-5)9-7-14/h6-9,11,13,18,20,23H,10,12H2,1-5H3,(H,21,22). The maximum absolute atomic E-state index is 10.3. The Balaban J connectivity index is 2.01. The summed E-state index contributed by atoms with van der Waals surface area (Å²) in [5.74, 6) is 1.08. The van der Waals surface area contributed by atoms with Gasteiger partial charge in [-0.05, 0) is 30.2 Å². The fourth-order valence-electron chi connectivity index (χ4n) is 2.98. The predicted molar refractivity (Wildman–Crippen MR) is 96.9 cm³/mol. The first-order valence-corrected chi connectivity index (χ1v) is 8.40. The molecule has 0 fully saturated rings. The molecule has 1 unspecified atom stereocenters. The molecule has 5 heteroatoms. The second-order valence-corrected chi connectivity index (χ2v) is 7.28. The van der Waals surface area contributed by atoms with E-state index in [1.165, 1.54) is 0 Å². The SMILES string of the molecule is COc1ccc(-c2[nH]ncc2CNCC(C)(C)C(O)C(C)C)cc1. The summed E-state index contributed by atoms with van der Waals surface area (Å²) < 4.78 is 5.20. The summed E-state index contributed by atoms with van der Waals surface area (Å²) in [6.45, 7) is 9.70. The molecule has 0 aliphatic rings. The molecule has 1 aromatic carbocycles. The van der Waals surface area contributed by atoms with Crippen LogP contribution in [-0.2, 0) is 6.54 Å². The molecule has 1 atom stereocenters. The zero-order chi connectivity index (χ0) is 17.7. The minimum atomic E-state index is -0.338. The van der Waals surface area contributed by atoms with E-state index in [4.69, 9.17) is 4.74 Å². The van der Waals surface area contributed by atoms with E-state index in [2.05, 4.69) is 29.4 Å². The van der Waals surface area contributed by atoms with Crippen LogP contribution in [0.5, 0.6) is 5.75 Å². The number of nitrogens with zero attached hydrogens (tertiary/aromatic N) is 1. The minimum Gasteiger partial charge on any atom is -0.497 e. The number of rotatable bonds is 8. The first-order valence-electron chi connectivity index (χ1n) is 8.40. The average Bonchev–Trinajstić information content (AvgIpc) is 3.02. The first kappa shape index (κ1) is 18.5. The Morgan fingerprint density at radius 1 is 1.25 bits per heavy atom. The number of H-pyrrole nitrogens is 1. The number of hydrogen-bond donors (Lipinski definition) is 3. The fraction of sp³-hybridized carbons (Fsp3) is 0.526. The summed E-state index contributed by atoms with van der Waals surface area (Å²) in [4.78, 5) is 0. The molecule has 0 saturated heterocycles. The molecular formula is C19H29N3O2. The Bertz CT molecular complexity index is 632. The molecule has 3 N–H and O–H groups in total. The summed E-state index contributed by atoms with van der Waals surface area (Å²) in [5, 5.41) is 21.0. The second-order valence-electron chi connectivity index (χ2n) is 7.28. The molecule has 2 rings (SSSR count). The third-order valence-corrected chi connectivity index (χ3v) is 4.42. The van der Waals surface area contributed by atoms with Gasteiger partial charge in [-0.15, -0.1) is 0 Å². The lowest BCUT2D eigenvalue weighted by molar-refractivity contribution is 0.0134. The van der Waals surface area contributed by atoms with E-state index in [9.17, 15) is 5.11 Å². The smallest absolute Gasteiger partial charge is 0.118 e. The number of hydrogen-bond acceptors (Lipinski definition) is 4. The number of ether oxygens (including phenoxy) is 1. The molecule has 0 saturated carbocycles. The number of aromatic nitrogens is 2. The van der Waals surface area contributed by atoms with E-state index < -0.39 is 0 Å². The van der Waals surface area contributed by atoms with Gasteiger partial charge in [0.1, 0.15) is 5.75 Å². The van der Waals surface area contributed by atoms with Gasteiger partial charge >= 0.3 is 0 Å². The van der Waals surface area contributed by atoms with E-state index in [-0.39, 0.29) is 17.4 Å². The van der Waals surface area contributed by atoms with E-state index in [1.54, 1.807) is 7.11 Å². The van der Waals surface area contributed by atoms with Crippen molar-refractivity contribution in [1.82, 2.24) is 15.5 Å². The van der Waals surface area contributed by atoms with Crippen LogP contribution in [0.4, 0.5) is 0 Å². The van der Waals surface area contributed by atoms with Crippen molar-refractivity contribution in [2.75, 3.05) is 13.7 Å². The maximum Gasteiger partial charge on any atom is 0.118 e. The Kier molecular flexibility index (Phi) is 6.02. The van der Waals surface area contributed by atoms with Crippen LogP contribution in [0, 0.1) is 11.3 Å². The summed E-state index contributed by atoms with van der Waals surface area (Å²) in [6, 6.07) is 7.91. The van der Waals surface area contributed by atoms with Crippen molar-refractivity contribution in [1.29, 1.82) is 0 Å². The molecule has 24 heavy (non-hydrogen) atoms. The summed E-state index contributed by atoms with van der Waals surface area (Å²) in [7, 11) is 1.66. The Labute approximate surface area is 144 Å². The molecule has 0 bridgehead atoms. The van der Waals surface area contributed by atoms with Crippen molar-refractivity contribution < 1.29 is 9.84 Å². The highest BCUT2D eigenvalue weighted by Gasteiger charge is 2.29. The van der Waals surface area contributed by atoms with Crippen molar-refractivity contribution in [2.45, 2.75) is 40.3 Å². The molecule has 5 nitrogen and oxygen atoms in total. The lowest BCUT2D eigenvalue weighted by Gasteiger charge is -2.33. The third kappa shape index (κ3) is 4.36.